The zero-order valence-corrected chi connectivity index (χ0v) is 13.0. The Morgan fingerprint density at radius 3 is 2.78 bits per heavy atom. The Labute approximate surface area is 134 Å². The Morgan fingerprint density at radius 2 is 2.09 bits per heavy atom. The molecule has 0 saturated heterocycles. The van der Waals surface area contributed by atoms with Crippen LogP contribution in [0.2, 0.25) is 0 Å². The van der Waals surface area contributed by atoms with Crippen LogP contribution >= 0.6 is 0 Å². The third-order valence-corrected chi connectivity index (χ3v) is 3.79. The Hall–Kier alpha value is -2.41. The van der Waals surface area contributed by atoms with Crippen LogP contribution < -0.4 is 10.6 Å². The van der Waals surface area contributed by atoms with Crippen molar-refractivity contribution in [3.8, 4) is 0 Å². The van der Waals surface area contributed by atoms with Gasteiger partial charge in [-0.2, -0.15) is 4.98 Å². The van der Waals surface area contributed by atoms with Gasteiger partial charge in [0.05, 0.1) is 6.54 Å². The number of hydrogen-bond acceptors (Lipinski definition) is 6. The second kappa shape index (κ2) is 7.23. The van der Waals surface area contributed by atoms with Gasteiger partial charge in [0.1, 0.15) is 6.61 Å². The van der Waals surface area contributed by atoms with E-state index >= 15 is 0 Å². The summed E-state index contributed by atoms with van der Waals surface area (Å²) in [6.45, 7) is 2.63. The Morgan fingerprint density at radius 1 is 1.30 bits per heavy atom. The molecule has 1 heterocycles. The smallest absolute Gasteiger partial charge is 0.407 e. The lowest BCUT2D eigenvalue weighted by atomic mass is 9.87. The molecule has 122 valence electrons. The van der Waals surface area contributed by atoms with Crippen molar-refractivity contribution in [3.05, 3.63) is 47.6 Å². The van der Waals surface area contributed by atoms with Crippen molar-refractivity contribution in [2.45, 2.75) is 45.0 Å². The van der Waals surface area contributed by atoms with E-state index in [9.17, 15) is 4.79 Å². The van der Waals surface area contributed by atoms with Crippen molar-refractivity contribution < 1.29 is 14.1 Å². The lowest BCUT2D eigenvalue weighted by Crippen LogP contribution is -2.52. The van der Waals surface area contributed by atoms with Gasteiger partial charge in [0.2, 0.25) is 5.89 Å². The number of nitrogens with one attached hydrogen (secondary N) is 2. The highest BCUT2D eigenvalue weighted by atomic mass is 16.5. The second-order valence-electron chi connectivity index (χ2n) is 5.68. The maximum absolute atomic E-state index is 11.7. The quantitative estimate of drug-likeness (QED) is 0.846. The first-order chi connectivity index (χ1) is 11.2. The summed E-state index contributed by atoms with van der Waals surface area (Å²) in [7, 11) is 0. The molecule has 23 heavy (non-hydrogen) atoms. The highest BCUT2D eigenvalue weighted by Gasteiger charge is 2.30. The fourth-order valence-corrected chi connectivity index (χ4v) is 2.48. The summed E-state index contributed by atoms with van der Waals surface area (Å²) in [4.78, 5) is 15.9. The largest absolute Gasteiger partial charge is 0.445 e. The van der Waals surface area contributed by atoms with Crippen LogP contribution in [0.25, 0.3) is 0 Å². The van der Waals surface area contributed by atoms with Crippen LogP contribution in [0.4, 0.5) is 4.79 Å². The van der Waals surface area contributed by atoms with Crippen LogP contribution in [0.1, 0.15) is 30.1 Å². The number of aryl methyl sites for hydroxylation is 1. The lowest BCUT2D eigenvalue weighted by Gasteiger charge is -2.35. The van der Waals surface area contributed by atoms with Gasteiger partial charge in [-0.3, -0.25) is 0 Å². The molecular weight excluding hydrogens is 296 g/mol. The minimum absolute atomic E-state index is 0.155. The molecule has 3 rings (SSSR count). The number of nitrogens with zero attached hydrogens (tertiary/aromatic N) is 2. The summed E-state index contributed by atoms with van der Waals surface area (Å²) in [6.07, 6.45) is 1.38. The summed E-state index contributed by atoms with van der Waals surface area (Å²) in [5, 5.41) is 10.0. The SMILES string of the molecule is Cc1nc(CNC2CC(NC(=O)OCc3ccccc3)C2)no1. The topological polar surface area (TPSA) is 89.3 Å². The second-order valence-corrected chi connectivity index (χ2v) is 5.68. The molecule has 1 aliphatic carbocycles. The van der Waals surface area contributed by atoms with E-state index in [2.05, 4.69) is 20.8 Å². The van der Waals surface area contributed by atoms with Crippen LogP contribution in [-0.4, -0.2) is 28.3 Å². The molecule has 0 aliphatic heterocycles. The highest BCUT2D eigenvalue weighted by molar-refractivity contribution is 5.67. The minimum Gasteiger partial charge on any atom is -0.445 e. The maximum Gasteiger partial charge on any atom is 0.407 e. The number of alkyl carbamates (subject to hydrolysis) is 1. The molecular formula is C16H20N4O3. The fourth-order valence-electron chi connectivity index (χ4n) is 2.48. The Bertz CT molecular complexity index is 638. The molecule has 0 spiro atoms. The number of amides is 1. The van der Waals surface area contributed by atoms with Gasteiger partial charge in [-0.15, -0.1) is 0 Å². The molecule has 1 amide bonds. The van der Waals surface area contributed by atoms with Crippen LogP contribution in [-0.2, 0) is 17.9 Å². The van der Waals surface area contributed by atoms with Crippen LogP contribution in [0.15, 0.2) is 34.9 Å². The first-order valence-corrected chi connectivity index (χ1v) is 7.69. The van der Waals surface area contributed by atoms with Gasteiger partial charge in [-0.05, 0) is 18.4 Å². The van der Waals surface area contributed by atoms with Gasteiger partial charge in [0.25, 0.3) is 0 Å². The van der Waals surface area contributed by atoms with Crippen molar-refractivity contribution in [1.82, 2.24) is 20.8 Å². The third kappa shape index (κ3) is 4.53. The third-order valence-electron chi connectivity index (χ3n) is 3.79. The Balaban J connectivity index is 1.30. The van der Waals surface area contributed by atoms with E-state index in [0.717, 1.165) is 18.4 Å². The molecule has 7 heteroatoms. The van der Waals surface area contributed by atoms with Crippen molar-refractivity contribution >= 4 is 6.09 Å². The standard InChI is InChI=1S/C16H20N4O3/c1-11-18-15(20-23-11)9-17-13-7-14(8-13)19-16(21)22-10-12-5-3-2-4-6-12/h2-6,13-14,17H,7-10H2,1H3,(H,19,21). The first kappa shape index (κ1) is 15.5. The molecule has 0 unspecified atom stereocenters. The number of benzene rings is 1. The minimum atomic E-state index is -0.369. The molecule has 7 nitrogen and oxygen atoms in total. The van der Waals surface area contributed by atoms with Crippen molar-refractivity contribution in [1.29, 1.82) is 0 Å². The van der Waals surface area contributed by atoms with Crippen molar-refractivity contribution in [2.75, 3.05) is 0 Å². The fraction of sp³-hybridized carbons (Fsp3) is 0.438. The number of carbonyl (C=O) groups excluding carboxylic acids is 1. The number of aromatic nitrogens is 2. The van der Waals surface area contributed by atoms with Crippen LogP contribution in [0, 0.1) is 6.92 Å². The zero-order valence-electron chi connectivity index (χ0n) is 13.0. The lowest BCUT2D eigenvalue weighted by molar-refractivity contribution is 0.125. The zero-order chi connectivity index (χ0) is 16.1. The predicted molar refractivity (Wildman–Crippen MR) is 82.4 cm³/mol. The van der Waals surface area contributed by atoms with Gasteiger partial charge in [-0.1, -0.05) is 35.5 Å². The summed E-state index contributed by atoms with van der Waals surface area (Å²) < 4.78 is 10.1. The average molecular weight is 316 g/mol. The van der Waals surface area contributed by atoms with E-state index in [1.165, 1.54) is 0 Å². The predicted octanol–water partition coefficient (Wildman–Crippen LogP) is 1.93. The number of ether oxygens (including phenoxy) is 1. The number of rotatable bonds is 6. The van der Waals surface area contributed by atoms with Crippen molar-refractivity contribution in [2.24, 2.45) is 0 Å². The van der Waals surface area contributed by atoms with Gasteiger partial charge in [0, 0.05) is 19.0 Å². The van der Waals surface area contributed by atoms with E-state index in [-0.39, 0.29) is 18.7 Å². The van der Waals surface area contributed by atoms with E-state index in [1.54, 1.807) is 6.92 Å². The van der Waals surface area contributed by atoms with Gasteiger partial charge < -0.3 is 19.9 Å². The van der Waals surface area contributed by atoms with Gasteiger partial charge in [0.15, 0.2) is 5.82 Å². The van der Waals surface area contributed by atoms with Crippen molar-refractivity contribution in [3.63, 3.8) is 0 Å². The molecule has 1 aromatic carbocycles. The summed E-state index contributed by atoms with van der Waals surface area (Å²) in [6, 6.07) is 10.1. The van der Waals surface area contributed by atoms with E-state index in [4.69, 9.17) is 9.26 Å². The van der Waals surface area contributed by atoms with E-state index < -0.39 is 0 Å². The molecule has 1 fully saturated rings. The van der Waals surface area contributed by atoms with Crippen LogP contribution in [0.5, 0.6) is 0 Å². The maximum atomic E-state index is 11.7. The van der Waals surface area contributed by atoms with E-state index in [1.807, 2.05) is 30.3 Å². The summed E-state index contributed by atoms with van der Waals surface area (Å²) in [5.41, 5.74) is 0.978. The first-order valence-electron chi connectivity index (χ1n) is 7.69. The summed E-state index contributed by atoms with van der Waals surface area (Å²) >= 11 is 0. The summed E-state index contributed by atoms with van der Waals surface area (Å²) in [5.74, 6) is 1.22. The average Bonchev–Trinajstić information content (AvgIpc) is 2.94. The molecule has 1 aromatic heterocycles. The number of hydrogen-bond donors (Lipinski definition) is 2. The normalized spacial score (nSPS) is 19.9. The molecule has 1 saturated carbocycles. The molecule has 2 N–H and O–H groups in total. The highest BCUT2D eigenvalue weighted by Crippen LogP contribution is 2.20. The molecule has 0 atom stereocenters. The van der Waals surface area contributed by atoms with E-state index in [0.29, 0.717) is 24.3 Å². The Kier molecular flexibility index (Phi) is 4.87. The van der Waals surface area contributed by atoms with Gasteiger partial charge >= 0.3 is 6.09 Å². The van der Waals surface area contributed by atoms with Crippen LogP contribution in [0.3, 0.4) is 0 Å². The molecule has 0 bridgehead atoms. The molecule has 0 radical (unpaired) electrons. The monoisotopic (exact) mass is 316 g/mol. The molecule has 2 aromatic rings. The van der Waals surface area contributed by atoms with Gasteiger partial charge in [-0.25, -0.2) is 4.79 Å². The molecule has 1 aliphatic rings. The number of carbonyl (C=O) groups is 1.